The average molecular weight is 238 g/mol. The summed E-state index contributed by atoms with van der Waals surface area (Å²) in [5.41, 5.74) is 1.21. The van der Waals surface area contributed by atoms with Crippen LogP contribution >= 0.6 is 0 Å². The lowest BCUT2D eigenvalue weighted by Crippen LogP contribution is -2.32. The molecular weight excluding hydrogens is 216 g/mol. The number of hydrogen-bond acceptors (Lipinski definition) is 2. The molecule has 90 valence electrons. The van der Waals surface area contributed by atoms with Gasteiger partial charge >= 0.3 is 0 Å². The van der Waals surface area contributed by atoms with Crippen LogP contribution in [0.4, 0.5) is 0 Å². The van der Waals surface area contributed by atoms with E-state index in [4.69, 9.17) is 9.16 Å². The van der Waals surface area contributed by atoms with Crippen LogP contribution in [0.5, 0.6) is 0 Å². The van der Waals surface area contributed by atoms with Crippen LogP contribution in [-0.2, 0) is 15.8 Å². The Morgan fingerprint density at radius 1 is 1.12 bits per heavy atom. The molecule has 0 aliphatic rings. The summed E-state index contributed by atoms with van der Waals surface area (Å²) in [6.07, 6.45) is 0.190. The third-order valence-corrected chi connectivity index (χ3v) is 3.13. The molecule has 2 nitrogen and oxygen atoms in total. The summed E-state index contributed by atoms with van der Waals surface area (Å²) in [5, 5.41) is 0. The van der Waals surface area contributed by atoms with Crippen molar-refractivity contribution in [2.45, 2.75) is 39.3 Å². The molecule has 0 aliphatic heterocycles. The van der Waals surface area contributed by atoms with Gasteiger partial charge in [-0.05, 0) is 32.1 Å². The highest BCUT2D eigenvalue weighted by atomic mass is 28.4. The van der Waals surface area contributed by atoms with Gasteiger partial charge in [-0.15, -0.1) is 0 Å². The van der Waals surface area contributed by atoms with E-state index in [0.717, 1.165) is 0 Å². The quantitative estimate of drug-likeness (QED) is 0.707. The van der Waals surface area contributed by atoms with E-state index in [1.54, 1.807) is 0 Å². The molecule has 0 saturated carbocycles. The molecule has 1 atom stereocenters. The normalized spacial score (nSPS) is 13.8. The van der Waals surface area contributed by atoms with E-state index in [2.05, 4.69) is 38.7 Å². The Labute approximate surface area is 99.7 Å². The Hall–Kier alpha value is -0.643. The highest BCUT2D eigenvalue weighted by molar-refractivity contribution is 6.69. The Balaban J connectivity index is 2.21. The molecule has 0 amide bonds. The van der Waals surface area contributed by atoms with Crippen LogP contribution in [-0.4, -0.2) is 21.0 Å². The van der Waals surface area contributed by atoms with E-state index >= 15 is 0 Å². The summed E-state index contributed by atoms with van der Waals surface area (Å²) in [6.45, 7) is 9.99. The fourth-order valence-corrected chi connectivity index (χ4v) is 2.83. The van der Waals surface area contributed by atoms with Gasteiger partial charge in [0.05, 0.1) is 19.3 Å². The summed E-state index contributed by atoms with van der Waals surface area (Å²) in [5.74, 6) is 0. The van der Waals surface area contributed by atoms with Gasteiger partial charge in [-0.2, -0.15) is 0 Å². The molecule has 0 bridgehead atoms. The summed E-state index contributed by atoms with van der Waals surface area (Å²) in [4.78, 5) is 0. The lowest BCUT2D eigenvalue weighted by molar-refractivity contribution is 0.0460. The van der Waals surface area contributed by atoms with Crippen LogP contribution in [0, 0.1) is 0 Å². The smallest absolute Gasteiger partial charge is 0.184 e. The van der Waals surface area contributed by atoms with Gasteiger partial charge in [0.2, 0.25) is 0 Å². The number of hydrogen-bond donors (Lipinski definition) is 0. The van der Waals surface area contributed by atoms with Crippen molar-refractivity contribution in [3.8, 4) is 0 Å². The summed E-state index contributed by atoms with van der Waals surface area (Å²) >= 11 is 0. The van der Waals surface area contributed by atoms with Crippen molar-refractivity contribution < 1.29 is 9.16 Å². The van der Waals surface area contributed by atoms with Crippen LogP contribution in [0.25, 0.3) is 0 Å². The first-order chi connectivity index (χ1) is 7.47. The molecular formula is C13H22O2Si. The molecule has 0 radical (unpaired) electrons. The Morgan fingerprint density at radius 2 is 1.75 bits per heavy atom. The first kappa shape index (κ1) is 13.4. The second-order valence-electron chi connectivity index (χ2n) is 5.04. The van der Waals surface area contributed by atoms with E-state index in [1.807, 2.05) is 18.2 Å². The largest absolute Gasteiger partial charge is 0.413 e. The Bertz CT molecular complexity index is 293. The SMILES string of the molecule is CC(COCc1ccccc1)O[Si](C)(C)C. The minimum atomic E-state index is -1.43. The second-order valence-corrected chi connectivity index (χ2v) is 9.50. The van der Waals surface area contributed by atoms with E-state index < -0.39 is 8.32 Å². The minimum Gasteiger partial charge on any atom is -0.413 e. The third-order valence-electron chi connectivity index (χ3n) is 2.02. The summed E-state index contributed by atoms with van der Waals surface area (Å²) < 4.78 is 11.5. The molecule has 0 heterocycles. The summed E-state index contributed by atoms with van der Waals surface area (Å²) in [6, 6.07) is 10.2. The van der Waals surface area contributed by atoms with Gasteiger partial charge < -0.3 is 9.16 Å². The maximum absolute atomic E-state index is 5.89. The van der Waals surface area contributed by atoms with Gasteiger partial charge in [-0.3, -0.25) is 0 Å². The molecule has 16 heavy (non-hydrogen) atoms. The van der Waals surface area contributed by atoms with E-state index in [-0.39, 0.29) is 6.10 Å². The first-order valence-corrected chi connectivity index (χ1v) is 9.18. The van der Waals surface area contributed by atoms with Crippen molar-refractivity contribution in [3.05, 3.63) is 35.9 Å². The molecule has 1 aromatic rings. The number of benzene rings is 1. The standard InChI is InChI=1S/C13H22O2Si/c1-12(15-16(2,3)4)10-14-11-13-8-6-5-7-9-13/h5-9,12H,10-11H2,1-4H3. The van der Waals surface area contributed by atoms with Crippen molar-refractivity contribution in [3.63, 3.8) is 0 Å². The second kappa shape index (κ2) is 6.18. The van der Waals surface area contributed by atoms with Crippen LogP contribution in [0.1, 0.15) is 12.5 Å². The van der Waals surface area contributed by atoms with E-state index in [0.29, 0.717) is 13.2 Å². The molecule has 0 aliphatic carbocycles. The molecule has 3 heteroatoms. The van der Waals surface area contributed by atoms with Gasteiger partial charge in [-0.25, -0.2) is 0 Å². The molecule has 1 rings (SSSR count). The minimum absolute atomic E-state index is 0.190. The molecule has 0 aromatic heterocycles. The van der Waals surface area contributed by atoms with Crippen molar-refractivity contribution in [2.24, 2.45) is 0 Å². The lowest BCUT2D eigenvalue weighted by Gasteiger charge is -2.23. The Kier molecular flexibility index (Phi) is 5.18. The van der Waals surface area contributed by atoms with Crippen LogP contribution in [0.15, 0.2) is 30.3 Å². The van der Waals surface area contributed by atoms with Crippen molar-refractivity contribution in [1.82, 2.24) is 0 Å². The van der Waals surface area contributed by atoms with Crippen molar-refractivity contribution >= 4 is 8.32 Å². The maximum atomic E-state index is 5.89. The van der Waals surface area contributed by atoms with Gasteiger partial charge in [0.15, 0.2) is 8.32 Å². The van der Waals surface area contributed by atoms with Crippen molar-refractivity contribution in [1.29, 1.82) is 0 Å². The van der Waals surface area contributed by atoms with Crippen molar-refractivity contribution in [2.75, 3.05) is 6.61 Å². The van der Waals surface area contributed by atoms with Crippen LogP contribution in [0.3, 0.4) is 0 Å². The van der Waals surface area contributed by atoms with Crippen LogP contribution in [0.2, 0.25) is 19.6 Å². The molecule has 1 aromatic carbocycles. The highest BCUT2D eigenvalue weighted by Crippen LogP contribution is 2.08. The van der Waals surface area contributed by atoms with Gasteiger partial charge in [0.1, 0.15) is 0 Å². The fraction of sp³-hybridized carbons (Fsp3) is 0.538. The number of ether oxygens (including phenoxy) is 1. The molecule has 0 N–H and O–H groups in total. The predicted molar refractivity (Wildman–Crippen MR) is 70.0 cm³/mol. The predicted octanol–water partition coefficient (Wildman–Crippen LogP) is 3.44. The average Bonchev–Trinajstić information content (AvgIpc) is 2.16. The first-order valence-electron chi connectivity index (χ1n) is 5.77. The monoisotopic (exact) mass is 238 g/mol. The molecule has 1 unspecified atom stereocenters. The summed E-state index contributed by atoms with van der Waals surface area (Å²) in [7, 11) is -1.43. The lowest BCUT2D eigenvalue weighted by atomic mass is 10.2. The van der Waals surface area contributed by atoms with E-state index in [9.17, 15) is 0 Å². The topological polar surface area (TPSA) is 18.5 Å². The maximum Gasteiger partial charge on any atom is 0.184 e. The van der Waals surface area contributed by atoms with E-state index in [1.165, 1.54) is 5.56 Å². The number of rotatable bonds is 6. The molecule has 0 fully saturated rings. The van der Waals surface area contributed by atoms with Crippen LogP contribution < -0.4 is 0 Å². The zero-order chi connectivity index (χ0) is 12.0. The fourth-order valence-electron chi connectivity index (χ4n) is 1.55. The third kappa shape index (κ3) is 6.05. The van der Waals surface area contributed by atoms with Gasteiger partial charge in [0.25, 0.3) is 0 Å². The van der Waals surface area contributed by atoms with Gasteiger partial charge in [-0.1, -0.05) is 30.3 Å². The molecule has 0 spiro atoms. The zero-order valence-corrected chi connectivity index (χ0v) is 11.7. The Morgan fingerprint density at radius 3 is 2.31 bits per heavy atom. The highest BCUT2D eigenvalue weighted by Gasteiger charge is 2.17. The molecule has 0 saturated heterocycles. The van der Waals surface area contributed by atoms with Gasteiger partial charge in [0, 0.05) is 0 Å². The zero-order valence-electron chi connectivity index (χ0n) is 10.7.